The molecule has 0 unspecified atom stereocenters. The number of aryl methyl sites for hydroxylation is 1. The number of hydrogen-bond acceptors (Lipinski definition) is 5. The zero-order valence-electron chi connectivity index (χ0n) is 7.86. The lowest BCUT2D eigenvalue weighted by atomic mass is 10.4. The highest BCUT2D eigenvalue weighted by atomic mass is 32.1. The first-order valence-corrected chi connectivity index (χ1v) is 5.21. The van der Waals surface area contributed by atoms with E-state index < -0.39 is 0 Å². The number of oxazole rings is 1. The van der Waals surface area contributed by atoms with Gasteiger partial charge in [-0.25, -0.2) is 9.97 Å². The Bertz CT molecular complexity index is 382. The molecule has 0 saturated carbocycles. The van der Waals surface area contributed by atoms with Gasteiger partial charge < -0.3 is 9.73 Å². The first-order chi connectivity index (χ1) is 6.86. The molecule has 2 rings (SSSR count). The number of rotatable bonds is 4. The maximum Gasteiger partial charge on any atom is 0.180 e. The van der Waals surface area contributed by atoms with Crippen LogP contribution < -0.4 is 5.32 Å². The summed E-state index contributed by atoms with van der Waals surface area (Å²) >= 11 is 1.67. The summed E-state index contributed by atoms with van der Waals surface area (Å²) in [5, 5.41) is 3.27. The highest BCUT2D eigenvalue weighted by molar-refractivity contribution is 7.09. The van der Waals surface area contributed by atoms with Gasteiger partial charge in [0.1, 0.15) is 5.76 Å². The number of thiazole rings is 1. The van der Waals surface area contributed by atoms with E-state index in [1.807, 2.05) is 12.4 Å². The van der Waals surface area contributed by atoms with Gasteiger partial charge in [-0.2, -0.15) is 0 Å². The topological polar surface area (TPSA) is 51.0 Å². The minimum Gasteiger partial charge on any atom is -0.447 e. The van der Waals surface area contributed by atoms with Crippen LogP contribution in [0, 0.1) is 6.92 Å². The second-order valence-electron chi connectivity index (χ2n) is 2.93. The first kappa shape index (κ1) is 9.36. The quantitative estimate of drug-likeness (QED) is 0.833. The van der Waals surface area contributed by atoms with Gasteiger partial charge in [0.05, 0.1) is 23.9 Å². The molecule has 14 heavy (non-hydrogen) atoms. The van der Waals surface area contributed by atoms with Gasteiger partial charge in [-0.1, -0.05) is 0 Å². The normalized spacial score (nSPS) is 10.6. The lowest BCUT2D eigenvalue weighted by Crippen LogP contribution is -2.11. The molecule has 0 aliphatic heterocycles. The highest BCUT2D eigenvalue weighted by Crippen LogP contribution is 2.11. The van der Waals surface area contributed by atoms with Crippen LogP contribution in [0.15, 0.2) is 22.5 Å². The predicted octanol–water partition coefficient (Wildman–Crippen LogP) is 1.73. The van der Waals surface area contributed by atoms with Crippen molar-refractivity contribution >= 4 is 11.3 Å². The summed E-state index contributed by atoms with van der Waals surface area (Å²) in [5.74, 6) is 0.854. The smallest absolute Gasteiger partial charge is 0.180 e. The molecule has 0 spiro atoms. The summed E-state index contributed by atoms with van der Waals surface area (Å²) in [4.78, 5) is 9.28. The molecule has 1 N–H and O–H groups in total. The number of aromatic nitrogens is 2. The Morgan fingerprint density at radius 2 is 2.43 bits per heavy atom. The van der Waals surface area contributed by atoms with Crippen molar-refractivity contribution in [2.45, 2.75) is 20.0 Å². The molecule has 2 aromatic heterocycles. The summed E-state index contributed by atoms with van der Waals surface area (Å²) in [7, 11) is 0. The molecule has 0 amide bonds. The molecule has 2 heterocycles. The second kappa shape index (κ2) is 4.34. The van der Waals surface area contributed by atoms with E-state index in [9.17, 15) is 0 Å². The van der Waals surface area contributed by atoms with Crippen molar-refractivity contribution in [1.82, 2.24) is 15.3 Å². The van der Waals surface area contributed by atoms with Crippen LogP contribution in [0.1, 0.15) is 16.3 Å². The average Bonchev–Trinajstić information content (AvgIpc) is 2.78. The summed E-state index contributed by atoms with van der Waals surface area (Å²) < 4.78 is 5.10. The number of nitrogens with one attached hydrogen (secondary N) is 1. The lowest BCUT2D eigenvalue weighted by molar-refractivity contribution is 0.479. The zero-order chi connectivity index (χ0) is 9.80. The highest BCUT2D eigenvalue weighted by Gasteiger charge is 2.01. The predicted molar refractivity (Wildman–Crippen MR) is 53.9 cm³/mol. The molecule has 0 aliphatic carbocycles. The third-order valence-corrected chi connectivity index (χ3v) is 2.85. The molecule has 2 aromatic rings. The van der Waals surface area contributed by atoms with Crippen LogP contribution in [-0.2, 0) is 13.1 Å². The summed E-state index contributed by atoms with van der Waals surface area (Å²) in [6.07, 6.45) is 3.15. The van der Waals surface area contributed by atoms with Crippen LogP contribution >= 0.6 is 11.3 Å². The van der Waals surface area contributed by atoms with Crippen molar-refractivity contribution in [3.8, 4) is 0 Å². The van der Waals surface area contributed by atoms with Crippen molar-refractivity contribution in [3.05, 3.63) is 34.4 Å². The van der Waals surface area contributed by atoms with Gasteiger partial charge in [0.25, 0.3) is 0 Å². The first-order valence-electron chi connectivity index (χ1n) is 4.33. The van der Waals surface area contributed by atoms with Crippen LogP contribution in [0.4, 0.5) is 0 Å². The van der Waals surface area contributed by atoms with Gasteiger partial charge >= 0.3 is 0 Å². The van der Waals surface area contributed by atoms with E-state index in [4.69, 9.17) is 4.42 Å². The molecule has 0 atom stereocenters. The molecule has 0 aromatic carbocycles. The van der Waals surface area contributed by atoms with Crippen molar-refractivity contribution in [2.24, 2.45) is 0 Å². The average molecular weight is 209 g/mol. The summed E-state index contributed by atoms with van der Waals surface area (Å²) in [6.45, 7) is 3.55. The minimum atomic E-state index is 0.706. The Hall–Kier alpha value is -1.20. The van der Waals surface area contributed by atoms with Gasteiger partial charge in [-0.3, -0.25) is 0 Å². The zero-order valence-corrected chi connectivity index (χ0v) is 8.67. The van der Waals surface area contributed by atoms with E-state index >= 15 is 0 Å². The fourth-order valence-corrected chi connectivity index (χ4v) is 1.87. The Morgan fingerprint density at radius 1 is 1.50 bits per heavy atom. The molecular weight excluding hydrogens is 198 g/mol. The Morgan fingerprint density at radius 3 is 3.07 bits per heavy atom. The third kappa shape index (κ3) is 2.18. The molecule has 0 aliphatic rings. The maximum atomic E-state index is 5.10. The van der Waals surface area contributed by atoms with Crippen molar-refractivity contribution < 1.29 is 4.42 Å². The standard InChI is InChI=1S/C9H11N3OS/c1-7-9(14-6-12-7)4-10-2-8-3-11-5-13-8/h3,5-6,10H,2,4H2,1H3. The second-order valence-corrected chi connectivity index (χ2v) is 3.87. The molecule has 0 radical (unpaired) electrons. The van der Waals surface area contributed by atoms with Crippen LogP contribution in [0.3, 0.4) is 0 Å². The SMILES string of the molecule is Cc1ncsc1CNCc1cnco1. The van der Waals surface area contributed by atoms with Gasteiger partial charge in [0.15, 0.2) is 6.39 Å². The van der Waals surface area contributed by atoms with Crippen molar-refractivity contribution in [1.29, 1.82) is 0 Å². The number of nitrogens with zero attached hydrogens (tertiary/aromatic N) is 2. The lowest BCUT2D eigenvalue weighted by Gasteiger charge is -1.99. The van der Waals surface area contributed by atoms with Gasteiger partial charge in [0, 0.05) is 11.4 Å². The van der Waals surface area contributed by atoms with Gasteiger partial charge in [-0.15, -0.1) is 11.3 Å². The van der Waals surface area contributed by atoms with Gasteiger partial charge in [-0.05, 0) is 6.92 Å². The van der Waals surface area contributed by atoms with Crippen LogP contribution in [0.5, 0.6) is 0 Å². The summed E-state index contributed by atoms with van der Waals surface area (Å²) in [6, 6.07) is 0. The molecular formula is C9H11N3OS. The van der Waals surface area contributed by atoms with E-state index in [0.717, 1.165) is 18.0 Å². The number of hydrogen-bond donors (Lipinski definition) is 1. The molecule has 0 saturated heterocycles. The largest absolute Gasteiger partial charge is 0.447 e. The van der Waals surface area contributed by atoms with E-state index in [-0.39, 0.29) is 0 Å². The maximum absolute atomic E-state index is 5.10. The Balaban J connectivity index is 1.81. The van der Waals surface area contributed by atoms with E-state index in [2.05, 4.69) is 15.3 Å². The van der Waals surface area contributed by atoms with E-state index in [0.29, 0.717) is 6.54 Å². The fraction of sp³-hybridized carbons (Fsp3) is 0.333. The minimum absolute atomic E-state index is 0.706. The molecule has 74 valence electrons. The summed E-state index contributed by atoms with van der Waals surface area (Å²) in [5.41, 5.74) is 2.96. The van der Waals surface area contributed by atoms with Crippen LogP contribution in [0.25, 0.3) is 0 Å². The van der Waals surface area contributed by atoms with Crippen LogP contribution in [0.2, 0.25) is 0 Å². The fourth-order valence-electron chi connectivity index (χ4n) is 1.12. The van der Waals surface area contributed by atoms with Crippen molar-refractivity contribution in [3.63, 3.8) is 0 Å². The van der Waals surface area contributed by atoms with Crippen LogP contribution in [-0.4, -0.2) is 9.97 Å². The molecule has 0 fully saturated rings. The monoisotopic (exact) mass is 209 g/mol. The molecule has 4 nitrogen and oxygen atoms in total. The Kier molecular flexibility index (Phi) is 2.90. The van der Waals surface area contributed by atoms with E-state index in [1.165, 1.54) is 11.3 Å². The van der Waals surface area contributed by atoms with E-state index in [1.54, 1.807) is 17.5 Å². The molecule has 0 bridgehead atoms. The van der Waals surface area contributed by atoms with Gasteiger partial charge in [0.2, 0.25) is 0 Å². The third-order valence-electron chi connectivity index (χ3n) is 1.91. The Labute approximate surface area is 86.0 Å². The molecule has 5 heteroatoms. The van der Waals surface area contributed by atoms with Crippen molar-refractivity contribution in [2.75, 3.05) is 0 Å².